The van der Waals surface area contributed by atoms with Gasteiger partial charge in [0.05, 0.1) is 6.42 Å². The first-order valence-corrected chi connectivity index (χ1v) is 7.29. The summed E-state index contributed by atoms with van der Waals surface area (Å²) in [4.78, 5) is 10.9. The number of nitrogens with two attached hydrogens (primary N) is 1. The molecule has 1 aliphatic rings. The second kappa shape index (κ2) is 9.22. The van der Waals surface area contributed by atoms with E-state index in [-0.39, 0.29) is 22.8 Å². The van der Waals surface area contributed by atoms with Crippen LogP contribution in [0.1, 0.15) is 31.4 Å². The first kappa shape index (κ1) is 21.9. The molecule has 0 aromatic heterocycles. The number of carbonyl (C=O) groups is 1. The fourth-order valence-electron chi connectivity index (χ4n) is 1.64. The average Bonchev–Trinajstić information content (AvgIpc) is 2.49. The minimum absolute atomic E-state index is 0.106. The van der Waals surface area contributed by atoms with Gasteiger partial charge < -0.3 is 0 Å². The average molecular weight is 346 g/mol. The molecule has 0 spiro atoms. The molecule has 2 N–H and O–H groups in total. The van der Waals surface area contributed by atoms with Gasteiger partial charge >= 0.3 is 6.18 Å². The maximum absolute atomic E-state index is 12.6. The van der Waals surface area contributed by atoms with E-state index in [4.69, 9.17) is 5.84 Å². The summed E-state index contributed by atoms with van der Waals surface area (Å²) in [5.41, 5.74) is 0.617. The monoisotopic (exact) mass is 346 g/mol. The van der Waals surface area contributed by atoms with Gasteiger partial charge in [0.25, 0.3) is 0 Å². The number of benzene rings is 1. The summed E-state index contributed by atoms with van der Waals surface area (Å²) in [5.74, 6) is 4.00. The zero-order chi connectivity index (χ0) is 19.1. The molecule has 2 rings (SSSR count). The number of aryl methyl sites for hydroxylation is 2. The minimum atomic E-state index is -4.62. The lowest BCUT2D eigenvalue weighted by molar-refractivity contribution is -0.143. The molecule has 134 valence electrons. The molecular weight excluding hydrogens is 324 g/mol. The zero-order valence-corrected chi connectivity index (χ0v) is 14.2. The topological polar surface area (TPSA) is 46.3 Å². The Bertz CT molecular complexity index is 622. The van der Waals surface area contributed by atoms with E-state index < -0.39 is 17.8 Å². The van der Waals surface area contributed by atoms with Crippen molar-refractivity contribution >= 4 is 5.91 Å². The van der Waals surface area contributed by atoms with Crippen LogP contribution < -0.4 is 5.84 Å². The first-order valence-electron chi connectivity index (χ1n) is 7.29. The van der Waals surface area contributed by atoms with Crippen LogP contribution in [0.2, 0.25) is 0 Å². The van der Waals surface area contributed by atoms with Gasteiger partial charge in [-0.25, -0.2) is 15.2 Å². The Morgan fingerprint density at radius 1 is 1.21 bits per heavy atom. The molecule has 0 saturated carbocycles. The standard InChI is InChI=1S/C8H9F.C7H7F3N2O.C2H6/c1-6-3-4-7(2)8(9)5-6;1-4-2-5(7(8,9)10)12(11)6(13)3-4;1-2/h3-5H,1-2H3;2H,1,3,11H2;1-2H3. The van der Waals surface area contributed by atoms with E-state index in [0.717, 1.165) is 11.6 Å². The van der Waals surface area contributed by atoms with E-state index in [2.05, 4.69) is 6.58 Å². The molecule has 1 heterocycles. The molecule has 0 bridgehead atoms. The van der Waals surface area contributed by atoms with Crippen molar-refractivity contribution < 1.29 is 22.4 Å². The maximum Gasteiger partial charge on any atom is 0.432 e. The number of hydrogen-bond donors (Lipinski definition) is 1. The number of halogens is 4. The molecule has 0 atom stereocenters. The Kier molecular flexibility index (Phi) is 8.39. The number of nitrogens with zero attached hydrogens (tertiary/aromatic N) is 1. The van der Waals surface area contributed by atoms with Crippen LogP contribution >= 0.6 is 0 Å². The summed E-state index contributed by atoms with van der Waals surface area (Å²) in [7, 11) is 0. The fraction of sp³-hybridized carbons (Fsp3) is 0.353. The maximum atomic E-state index is 12.6. The molecule has 0 saturated heterocycles. The van der Waals surface area contributed by atoms with Gasteiger partial charge in [0.2, 0.25) is 5.91 Å². The molecule has 1 amide bonds. The van der Waals surface area contributed by atoms with E-state index in [9.17, 15) is 22.4 Å². The lowest BCUT2D eigenvalue weighted by atomic mass is 10.1. The lowest BCUT2D eigenvalue weighted by Crippen LogP contribution is -2.43. The molecule has 1 aromatic rings. The smallest absolute Gasteiger partial charge is 0.273 e. The highest BCUT2D eigenvalue weighted by atomic mass is 19.4. The Morgan fingerprint density at radius 3 is 2.17 bits per heavy atom. The number of amides is 1. The Morgan fingerprint density at radius 2 is 1.75 bits per heavy atom. The van der Waals surface area contributed by atoms with Gasteiger partial charge in [0.15, 0.2) is 0 Å². The molecule has 24 heavy (non-hydrogen) atoms. The van der Waals surface area contributed by atoms with Crippen molar-refractivity contribution in [2.45, 2.75) is 40.3 Å². The van der Waals surface area contributed by atoms with Crippen LogP contribution in [0.3, 0.4) is 0 Å². The van der Waals surface area contributed by atoms with Crippen LogP contribution in [0.5, 0.6) is 0 Å². The van der Waals surface area contributed by atoms with Crippen molar-refractivity contribution in [1.29, 1.82) is 0 Å². The van der Waals surface area contributed by atoms with Crippen LogP contribution in [0, 0.1) is 19.7 Å². The summed E-state index contributed by atoms with van der Waals surface area (Å²) < 4.78 is 49.0. The van der Waals surface area contributed by atoms with Gasteiger partial charge in [-0.15, -0.1) is 0 Å². The van der Waals surface area contributed by atoms with Gasteiger partial charge in [0, 0.05) is 0 Å². The molecule has 0 unspecified atom stereocenters. The Balaban J connectivity index is 0.000000420. The molecule has 0 radical (unpaired) electrons. The third-order valence-electron chi connectivity index (χ3n) is 2.87. The van der Waals surface area contributed by atoms with Crippen molar-refractivity contribution in [2.75, 3.05) is 0 Å². The third-order valence-corrected chi connectivity index (χ3v) is 2.87. The summed E-state index contributed by atoms with van der Waals surface area (Å²) in [5, 5.41) is 0.106. The highest BCUT2D eigenvalue weighted by molar-refractivity contribution is 5.82. The Labute approximate surface area is 139 Å². The van der Waals surface area contributed by atoms with Gasteiger partial charge in [-0.2, -0.15) is 13.2 Å². The minimum Gasteiger partial charge on any atom is -0.273 e. The molecule has 7 heteroatoms. The number of allylic oxidation sites excluding steroid dienone is 2. The quantitative estimate of drug-likeness (QED) is 0.425. The second-order valence-corrected chi connectivity index (χ2v) is 4.88. The largest absolute Gasteiger partial charge is 0.432 e. The highest BCUT2D eigenvalue weighted by Gasteiger charge is 2.40. The van der Waals surface area contributed by atoms with Crippen molar-refractivity contribution in [3.8, 4) is 0 Å². The van der Waals surface area contributed by atoms with Crippen LogP contribution in [0.15, 0.2) is 42.1 Å². The molecule has 0 fully saturated rings. The highest BCUT2D eigenvalue weighted by Crippen LogP contribution is 2.31. The van der Waals surface area contributed by atoms with Gasteiger partial charge in [-0.1, -0.05) is 32.6 Å². The number of rotatable bonds is 0. The van der Waals surface area contributed by atoms with Crippen LogP contribution in [0.25, 0.3) is 0 Å². The van der Waals surface area contributed by atoms with E-state index >= 15 is 0 Å². The van der Waals surface area contributed by atoms with E-state index in [1.54, 1.807) is 13.0 Å². The number of hydrogen-bond acceptors (Lipinski definition) is 2. The number of alkyl halides is 3. The number of hydrazine groups is 1. The molecule has 3 nitrogen and oxygen atoms in total. The van der Waals surface area contributed by atoms with E-state index in [0.29, 0.717) is 5.56 Å². The summed E-state index contributed by atoms with van der Waals surface area (Å²) in [6.45, 7) is 10.9. The van der Waals surface area contributed by atoms with Crippen molar-refractivity contribution in [3.63, 3.8) is 0 Å². The fourth-order valence-corrected chi connectivity index (χ4v) is 1.64. The summed E-state index contributed by atoms with van der Waals surface area (Å²) in [6, 6.07) is 5.22. The number of carbonyl (C=O) groups excluding carboxylic acids is 1. The second-order valence-electron chi connectivity index (χ2n) is 4.88. The normalized spacial score (nSPS) is 14.2. The van der Waals surface area contributed by atoms with Gasteiger partial charge in [0.1, 0.15) is 11.5 Å². The Hall–Kier alpha value is -2.15. The van der Waals surface area contributed by atoms with Crippen LogP contribution in [-0.2, 0) is 4.79 Å². The predicted octanol–water partition coefficient (Wildman–Crippen LogP) is 4.56. The molecule has 1 aliphatic heterocycles. The van der Waals surface area contributed by atoms with Crippen molar-refractivity contribution in [2.24, 2.45) is 5.84 Å². The van der Waals surface area contributed by atoms with Crippen LogP contribution in [-0.4, -0.2) is 17.1 Å². The SMILES string of the molecule is C=C1C=C(C(F)(F)F)N(N)C(=O)C1.CC.Cc1ccc(C)c(F)c1. The summed E-state index contributed by atoms with van der Waals surface area (Å²) in [6.07, 6.45) is -4.02. The van der Waals surface area contributed by atoms with Crippen molar-refractivity contribution in [3.05, 3.63) is 59.1 Å². The molecular formula is C17H22F4N2O. The van der Waals surface area contributed by atoms with Crippen molar-refractivity contribution in [1.82, 2.24) is 5.01 Å². The lowest BCUT2D eigenvalue weighted by Gasteiger charge is -2.25. The van der Waals surface area contributed by atoms with E-state index in [1.165, 1.54) is 6.07 Å². The van der Waals surface area contributed by atoms with Gasteiger partial charge in [-0.3, -0.25) is 4.79 Å². The van der Waals surface area contributed by atoms with Crippen LogP contribution in [0.4, 0.5) is 17.6 Å². The predicted molar refractivity (Wildman–Crippen MR) is 86.2 cm³/mol. The van der Waals surface area contributed by atoms with Gasteiger partial charge in [-0.05, 0) is 42.7 Å². The van der Waals surface area contributed by atoms with E-state index in [1.807, 2.05) is 26.8 Å². The third kappa shape index (κ3) is 6.54. The zero-order valence-electron chi connectivity index (χ0n) is 14.2. The molecule has 0 aliphatic carbocycles. The first-order chi connectivity index (χ1) is 11.0. The summed E-state index contributed by atoms with van der Waals surface area (Å²) >= 11 is 0. The molecule has 1 aromatic carbocycles.